The number of hydrogen-bond donors (Lipinski definition) is 3. The Morgan fingerprint density at radius 1 is 1.20 bits per heavy atom. The fourth-order valence-electron chi connectivity index (χ4n) is 1.64. The van der Waals surface area contributed by atoms with E-state index in [1.165, 1.54) is 0 Å². The molecule has 1 atom stereocenters. The van der Waals surface area contributed by atoms with Gasteiger partial charge in [-0.05, 0) is 19.4 Å². The molecule has 0 heterocycles. The summed E-state index contributed by atoms with van der Waals surface area (Å²) >= 11 is 0. The van der Waals surface area contributed by atoms with E-state index in [1.54, 1.807) is 24.3 Å². The first-order chi connectivity index (χ1) is 9.50. The highest BCUT2D eigenvalue weighted by Gasteiger charge is 2.19. The van der Waals surface area contributed by atoms with Crippen LogP contribution in [0.3, 0.4) is 0 Å². The number of amides is 2. The molecule has 1 aromatic rings. The lowest BCUT2D eigenvalue weighted by molar-refractivity contribution is -0.138. The molecule has 0 aliphatic carbocycles. The van der Waals surface area contributed by atoms with Crippen molar-refractivity contribution in [3.05, 3.63) is 47.5 Å². The number of aliphatic carboxylic acids is 1. The van der Waals surface area contributed by atoms with Crippen molar-refractivity contribution in [1.82, 2.24) is 10.6 Å². The molecule has 5 nitrogen and oxygen atoms in total. The van der Waals surface area contributed by atoms with Crippen molar-refractivity contribution in [1.29, 1.82) is 0 Å². The summed E-state index contributed by atoms with van der Waals surface area (Å²) < 4.78 is 0. The summed E-state index contributed by atoms with van der Waals surface area (Å²) in [6.07, 6.45) is 1.88. The molecule has 0 saturated heterocycles. The van der Waals surface area contributed by atoms with Gasteiger partial charge in [0.1, 0.15) is 0 Å². The van der Waals surface area contributed by atoms with E-state index in [4.69, 9.17) is 0 Å². The van der Waals surface area contributed by atoms with Gasteiger partial charge >= 0.3 is 12.0 Å². The second-order valence-corrected chi connectivity index (χ2v) is 4.67. The quantitative estimate of drug-likeness (QED) is 0.696. The Morgan fingerprint density at radius 3 is 2.40 bits per heavy atom. The maximum Gasteiger partial charge on any atom is 0.315 e. The van der Waals surface area contributed by atoms with Gasteiger partial charge in [0.15, 0.2) is 0 Å². The summed E-state index contributed by atoms with van der Waals surface area (Å²) in [5.74, 6) is -1.70. The van der Waals surface area contributed by atoms with Crippen LogP contribution in [0.25, 0.3) is 0 Å². The Labute approximate surface area is 118 Å². The van der Waals surface area contributed by atoms with Crippen molar-refractivity contribution in [3.8, 4) is 0 Å². The minimum Gasteiger partial charge on any atom is -0.481 e. The van der Waals surface area contributed by atoms with E-state index < -0.39 is 11.9 Å². The van der Waals surface area contributed by atoms with Crippen LogP contribution < -0.4 is 10.6 Å². The molecule has 0 fully saturated rings. The smallest absolute Gasteiger partial charge is 0.315 e. The van der Waals surface area contributed by atoms with Crippen LogP contribution in [-0.2, 0) is 4.79 Å². The first-order valence-corrected chi connectivity index (χ1v) is 6.43. The Morgan fingerprint density at radius 2 is 1.85 bits per heavy atom. The molecule has 0 spiro atoms. The van der Waals surface area contributed by atoms with Crippen LogP contribution in [0.5, 0.6) is 0 Å². The van der Waals surface area contributed by atoms with Crippen molar-refractivity contribution in [2.75, 3.05) is 13.1 Å². The Hall–Kier alpha value is -2.30. The lowest BCUT2D eigenvalue weighted by atomic mass is 9.99. The predicted octanol–water partition coefficient (Wildman–Crippen LogP) is 2.12. The van der Waals surface area contributed by atoms with Crippen LogP contribution in [0.1, 0.15) is 25.3 Å². The summed E-state index contributed by atoms with van der Waals surface area (Å²) in [6, 6.07) is 8.48. The molecular formula is C15H20N2O3. The van der Waals surface area contributed by atoms with Gasteiger partial charge in [0.25, 0.3) is 0 Å². The van der Waals surface area contributed by atoms with E-state index in [0.29, 0.717) is 12.1 Å². The van der Waals surface area contributed by atoms with Gasteiger partial charge in [-0.1, -0.05) is 42.0 Å². The lowest BCUT2D eigenvalue weighted by Crippen LogP contribution is -2.39. The molecule has 20 heavy (non-hydrogen) atoms. The van der Waals surface area contributed by atoms with Crippen LogP contribution in [0.4, 0.5) is 4.79 Å². The third-order valence-corrected chi connectivity index (χ3v) is 2.74. The molecule has 108 valence electrons. The molecule has 1 aromatic carbocycles. The number of carbonyl (C=O) groups is 2. The van der Waals surface area contributed by atoms with Gasteiger partial charge in [0.2, 0.25) is 0 Å². The monoisotopic (exact) mass is 276 g/mol. The van der Waals surface area contributed by atoms with Crippen LogP contribution in [0.15, 0.2) is 42.0 Å². The van der Waals surface area contributed by atoms with E-state index in [9.17, 15) is 14.7 Å². The predicted molar refractivity (Wildman–Crippen MR) is 77.7 cm³/mol. The molecule has 5 heteroatoms. The molecule has 0 saturated carbocycles. The normalized spacial score (nSPS) is 11.3. The summed E-state index contributed by atoms with van der Waals surface area (Å²) in [4.78, 5) is 22.8. The largest absolute Gasteiger partial charge is 0.481 e. The molecular weight excluding hydrogens is 256 g/mol. The second kappa shape index (κ2) is 7.99. The van der Waals surface area contributed by atoms with Crippen LogP contribution >= 0.6 is 0 Å². The summed E-state index contributed by atoms with van der Waals surface area (Å²) in [7, 11) is 0. The van der Waals surface area contributed by atoms with Gasteiger partial charge in [-0.15, -0.1) is 0 Å². The molecule has 0 radical (unpaired) electrons. The number of nitrogens with one attached hydrogen (secondary N) is 2. The van der Waals surface area contributed by atoms with Crippen molar-refractivity contribution >= 4 is 12.0 Å². The Bertz CT molecular complexity index is 479. The highest BCUT2D eigenvalue weighted by Crippen LogP contribution is 2.14. The number of rotatable bonds is 6. The van der Waals surface area contributed by atoms with Crippen LogP contribution in [0.2, 0.25) is 0 Å². The molecule has 2 amide bonds. The first-order valence-electron chi connectivity index (χ1n) is 6.43. The van der Waals surface area contributed by atoms with E-state index in [-0.39, 0.29) is 12.6 Å². The van der Waals surface area contributed by atoms with Gasteiger partial charge in [0, 0.05) is 13.1 Å². The number of carbonyl (C=O) groups excluding carboxylic acids is 1. The SMILES string of the molecule is CC(C)=CCNC(=O)NCC(C(=O)O)c1ccccc1. The van der Waals surface area contributed by atoms with Gasteiger partial charge in [-0.25, -0.2) is 4.79 Å². The fraction of sp³-hybridized carbons (Fsp3) is 0.333. The molecule has 0 aromatic heterocycles. The maximum absolute atomic E-state index is 11.5. The average Bonchev–Trinajstić information content (AvgIpc) is 2.39. The van der Waals surface area contributed by atoms with Crippen molar-refractivity contribution in [2.24, 2.45) is 0 Å². The zero-order valence-corrected chi connectivity index (χ0v) is 11.7. The topological polar surface area (TPSA) is 78.4 Å². The van der Waals surface area contributed by atoms with E-state index in [0.717, 1.165) is 5.57 Å². The van der Waals surface area contributed by atoms with Gasteiger partial charge in [-0.3, -0.25) is 4.79 Å². The standard InChI is InChI=1S/C15H20N2O3/c1-11(2)8-9-16-15(20)17-10-13(14(18)19)12-6-4-3-5-7-12/h3-8,13H,9-10H2,1-2H3,(H,18,19)(H2,16,17,20). The van der Waals surface area contributed by atoms with Crippen molar-refractivity contribution in [3.63, 3.8) is 0 Å². The summed E-state index contributed by atoms with van der Waals surface area (Å²) in [5, 5.41) is 14.4. The average molecular weight is 276 g/mol. The summed E-state index contributed by atoms with van der Waals surface area (Å²) in [6.45, 7) is 4.36. The maximum atomic E-state index is 11.5. The molecule has 1 unspecified atom stereocenters. The van der Waals surface area contributed by atoms with Gasteiger partial charge in [-0.2, -0.15) is 0 Å². The number of allylic oxidation sites excluding steroid dienone is 1. The number of benzene rings is 1. The zero-order valence-electron chi connectivity index (χ0n) is 11.7. The zero-order chi connectivity index (χ0) is 15.0. The number of urea groups is 1. The second-order valence-electron chi connectivity index (χ2n) is 4.67. The minimum atomic E-state index is -0.958. The van der Waals surface area contributed by atoms with E-state index >= 15 is 0 Å². The number of hydrogen-bond acceptors (Lipinski definition) is 2. The first kappa shape index (κ1) is 15.8. The molecule has 0 aliphatic heterocycles. The summed E-state index contributed by atoms with van der Waals surface area (Å²) in [5.41, 5.74) is 1.78. The minimum absolute atomic E-state index is 0.0556. The van der Waals surface area contributed by atoms with Crippen LogP contribution in [0, 0.1) is 0 Å². The third-order valence-electron chi connectivity index (χ3n) is 2.74. The third kappa shape index (κ3) is 5.56. The van der Waals surface area contributed by atoms with Gasteiger partial charge in [0.05, 0.1) is 5.92 Å². The van der Waals surface area contributed by atoms with E-state index in [1.807, 2.05) is 26.0 Å². The lowest BCUT2D eigenvalue weighted by Gasteiger charge is -2.14. The van der Waals surface area contributed by atoms with Crippen molar-refractivity contribution < 1.29 is 14.7 Å². The van der Waals surface area contributed by atoms with E-state index in [2.05, 4.69) is 10.6 Å². The highest BCUT2D eigenvalue weighted by molar-refractivity contribution is 5.79. The number of carboxylic acid groups (broad SMARTS) is 1. The van der Waals surface area contributed by atoms with Gasteiger partial charge < -0.3 is 15.7 Å². The molecule has 0 bridgehead atoms. The molecule has 0 aliphatic rings. The highest BCUT2D eigenvalue weighted by atomic mass is 16.4. The van der Waals surface area contributed by atoms with Crippen LogP contribution in [-0.4, -0.2) is 30.2 Å². The Balaban J connectivity index is 2.50. The van der Waals surface area contributed by atoms with Crippen molar-refractivity contribution in [2.45, 2.75) is 19.8 Å². The Kier molecular flexibility index (Phi) is 6.29. The fourth-order valence-corrected chi connectivity index (χ4v) is 1.64. The molecule has 1 rings (SSSR count). The molecule has 3 N–H and O–H groups in total. The number of carboxylic acids is 1.